The van der Waals surface area contributed by atoms with E-state index in [1.165, 1.54) is 6.07 Å². The van der Waals surface area contributed by atoms with Crippen LogP contribution in [-0.2, 0) is 10.0 Å². The number of sulfonamides is 1. The number of pyridine rings is 1. The van der Waals surface area contributed by atoms with Gasteiger partial charge in [-0.3, -0.25) is 4.72 Å². The first-order valence-corrected chi connectivity index (χ1v) is 8.15. The van der Waals surface area contributed by atoms with Gasteiger partial charge in [0.05, 0.1) is 5.02 Å². The Morgan fingerprint density at radius 2 is 1.76 bits per heavy atom. The van der Waals surface area contributed by atoms with Crippen LogP contribution in [0.15, 0.2) is 41.4 Å². The van der Waals surface area contributed by atoms with Gasteiger partial charge in [-0.2, -0.15) is 0 Å². The summed E-state index contributed by atoms with van der Waals surface area (Å²) in [5.41, 5.74) is 1.42. The Bertz CT molecular complexity index is 747. The molecule has 8 heteroatoms. The van der Waals surface area contributed by atoms with E-state index in [0.29, 0.717) is 5.69 Å². The van der Waals surface area contributed by atoms with E-state index in [9.17, 15) is 8.42 Å². The number of benzene rings is 1. The molecule has 21 heavy (non-hydrogen) atoms. The van der Waals surface area contributed by atoms with Crippen LogP contribution < -0.4 is 9.62 Å². The van der Waals surface area contributed by atoms with Gasteiger partial charge in [-0.25, -0.2) is 13.4 Å². The molecule has 0 amide bonds. The summed E-state index contributed by atoms with van der Waals surface area (Å²) in [7, 11) is 0.0518. The van der Waals surface area contributed by atoms with Crippen molar-refractivity contribution >= 4 is 44.6 Å². The maximum atomic E-state index is 12.2. The highest BCUT2D eigenvalue weighted by atomic mass is 35.5. The summed E-state index contributed by atoms with van der Waals surface area (Å²) in [6.45, 7) is 0. The van der Waals surface area contributed by atoms with Gasteiger partial charge in [0.2, 0.25) is 0 Å². The van der Waals surface area contributed by atoms with E-state index in [-0.39, 0.29) is 15.1 Å². The van der Waals surface area contributed by atoms with Gasteiger partial charge in [-0.05, 0) is 30.3 Å². The fourth-order valence-electron chi connectivity index (χ4n) is 1.59. The van der Waals surface area contributed by atoms with E-state index in [0.717, 1.165) is 11.9 Å². The lowest BCUT2D eigenvalue weighted by atomic mass is 10.3. The van der Waals surface area contributed by atoms with Crippen molar-refractivity contribution < 1.29 is 8.42 Å². The first-order valence-electron chi connectivity index (χ1n) is 5.91. The SMILES string of the molecule is CN(C)c1ccc(NS(=O)(=O)c2cnc(Cl)c(Cl)c2)cc1. The molecule has 0 spiro atoms. The molecule has 1 heterocycles. The first kappa shape index (κ1) is 15.9. The molecule has 2 aromatic rings. The molecule has 0 aliphatic rings. The number of rotatable bonds is 4. The minimum Gasteiger partial charge on any atom is -0.378 e. The van der Waals surface area contributed by atoms with Crippen LogP contribution in [0.25, 0.3) is 0 Å². The van der Waals surface area contributed by atoms with Gasteiger partial charge in [0.25, 0.3) is 10.0 Å². The molecule has 2 rings (SSSR count). The topological polar surface area (TPSA) is 62.3 Å². The minimum atomic E-state index is -3.75. The van der Waals surface area contributed by atoms with Gasteiger partial charge in [0.15, 0.2) is 0 Å². The van der Waals surface area contributed by atoms with Crippen LogP contribution in [0.4, 0.5) is 11.4 Å². The number of hydrogen-bond acceptors (Lipinski definition) is 4. The summed E-state index contributed by atoms with van der Waals surface area (Å²) < 4.78 is 26.9. The molecule has 0 radical (unpaired) electrons. The van der Waals surface area contributed by atoms with Crippen LogP contribution in [0, 0.1) is 0 Å². The second-order valence-electron chi connectivity index (χ2n) is 4.49. The molecule has 0 bridgehead atoms. The summed E-state index contributed by atoms with van der Waals surface area (Å²) in [5, 5.41) is 0.147. The Morgan fingerprint density at radius 1 is 1.14 bits per heavy atom. The molecule has 0 saturated heterocycles. The average Bonchev–Trinajstić information content (AvgIpc) is 2.42. The fraction of sp³-hybridized carbons (Fsp3) is 0.154. The monoisotopic (exact) mass is 345 g/mol. The zero-order valence-corrected chi connectivity index (χ0v) is 13.7. The highest BCUT2D eigenvalue weighted by Gasteiger charge is 2.16. The lowest BCUT2D eigenvalue weighted by Gasteiger charge is -2.13. The van der Waals surface area contributed by atoms with Crippen LogP contribution in [0.1, 0.15) is 0 Å². The molecule has 112 valence electrons. The Morgan fingerprint density at radius 3 is 2.29 bits per heavy atom. The number of aromatic nitrogens is 1. The molecule has 1 aromatic carbocycles. The van der Waals surface area contributed by atoms with Gasteiger partial charge < -0.3 is 4.90 Å². The molecular weight excluding hydrogens is 333 g/mol. The third kappa shape index (κ3) is 3.78. The smallest absolute Gasteiger partial charge is 0.263 e. The molecule has 0 aliphatic carbocycles. The predicted octanol–water partition coefficient (Wildman–Crippen LogP) is 3.26. The van der Waals surface area contributed by atoms with Crippen LogP contribution in [-0.4, -0.2) is 27.5 Å². The third-order valence-corrected chi connectivity index (χ3v) is 4.75. The van der Waals surface area contributed by atoms with Crippen molar-refractivity contribution in [3.63, 3.8) is 0 Å². The van der Waals surface area contributed by atoms with E-state index >= 15 is 0 Å². The zero-order chi connectivity index (χ0) is 15.6. The normalized spacial score (nSPS) is 11.2. The maximum absolute atomic E-state index is 12.2. The van der Waals surface area contributed by atoms with Crippen LogP contribution in [0.5, 0.6) is 0 Å². The van der Waals surface area contributed by atoms with E-state index < -0.39 is 10.0 Å². The second kappa shape index (κ2) is 6.09. The number of nitrogens with zero attached hydrogens (tertiary/aromatic N) is 2. The molecule has 0 unspecified atom stereocenters. The number of nitrogens with one attached hydrogen (secondary N) is 1. The van der Waals surface area contributed by atoms with Crippen molar-refractivity contribution in [3.05, 3.63) is 46.7 Å². The minimum absolute atomic E-state index is 0.0476. The summed E-state index contributed by atoms with van der Waals surface area (Å²) in [6, 6.07) is 8.24. The fourth-order valence-corrected chi connectivity index (χ4v) is 2.96. The summed E-state index contributed by atoms with van der Waals surface area (Å²) >= 11 is 11.5. The van der Waals surface area contributed by atoms with E-state index in [1.807, 2.05) is 31.1 Å². The number of hydrogen-bond donors (Lipinski definition) is 1. The molecule has 0 aliphatic heterocycles. The molecule has 0 atom stereocenters. The lowest BCUT2D eigenvalue weighted by Crippen LogP contribution is -2.14. The highest BCUT2D eigenvalue weighted by Crippen LogP contribution is 2.24. The first-order chi connectivity index (χ1) is 9.79. The number of anilines is 2. The average molecular weight is 346 g/mol. The van der Waals surface area contributed by atoms with Crippen LogP contribution >= 0.6 is 23.2 Å². The Balaban J connectivity index is 2.26. The van der Waals surface area contributed by atoms with Gasteiger partial charge >= 0.3 is 0 Å². The van der Waals surface area contributed by atoms with E-state index in [2.05, 4.69) is 9.71 Å². The summed E-state index contributed by atoms with van der Waals surface area (Å²) in [6.07, 6.45) is 1.16. The quantitative estimate of drug-likeness (QED) is 0.864. The molecule has 0 saturated carbocycles. The highest BCUT2D eigenvalue weighted by molar-refractivity contribution is 7.92. The van der Waals surface area contributed by atoms with Gasteiger partial charge in [0.1, 0.15) is 10.0 Å². The second-order valence-corrected chi connectivity index (χ2v) is 6.94. The maximum Gasteiger partial charge on any atom is 0.263 e. The Kier molecular flexibility index (Phi) is 4.61. The van der Waals surface area contributed by atoms with Crippen LogP contribution in [0.2, 0.25) is 10.2 Å². The van der Waals surface area contributed by atoms with Gasteiger partial charge in [-0.15, -0.1) is 0 Å². The largest absolute Gasteiger partial charge is 0.378 e. The van der Waals surface area contributed by atoms with Crippen molar-refractivity contribution in [2.24, 2.45) is 0 Å². The van der Waals surface area contributed by atoms with Crippen molar-refractivity contribution in [1.29, 1.82) is 0 Å². The summed E-state index contributed by atoms with van der Waals surface area (Å²) in [5.74, 6) is 0. The van der Waals surface area contributed by atoms with Crippen molar-refractivity contribution in [2.45, 2.75) is 4.90 Å². The lowest BCUT2D eigenvalue weighted by molar-refractivity contribution is 0.601. The van der Waals surface area contributed by atoms with E-state index in [1.54, 1.807) is 12.1 Å². The van der Waals surface area contributed by atoms with E-state index in [4.69, 9.17) is 23.2 Å². The third-order valence-electron chi connectivity index (χ3n) is 2.72. The molecule has 1 aromatic heterocycles. The summed E-state index contributed by atoms with van der Waals surface area (Å²) in [4.78, 5) is 5.60. The van der Waals surface area contributed by atoms with Gasteiger partial charge in [0, 0.05) is 31.7 Å². The molecule has 5 nitrogen and oxygen atoms in total. The Hall–Kier alpha value is -1.50. The molecule has 1 N–H and O–H groups in total. The molecular formula is C13H13Cl2N3O2S. The Labute approximate surface area is 133 Å². The predicted molar refractivity (Wildman–Crippen MR) is 85.8 cm³/mol. The van der Waals surface area contributed by atoms with Crippen LogP contribution in [0.3, 0.4) is 0 Å². The number of halogens is 2. The van der Waals surface area contributed by atoms with Crippen molar-refractivity contribution in [3.8, 4) is 0 Å². The standard InChI is InChI=1S/C13H13Cl2N3O2S/c1-18(2)10-5-3-9(4-6-10)17-21(19,20)11-7-12(14)13(15)16-8-11/h3-8,17H,1-2H3. The molecule has 0 fully saturated rings. The van der Waals surface area contributed by atoms with Gasteiger partial charge in [-0.1, -0.05) is 23.2 Å². The van der Waals surface area contributed by atoms with Crippen molar-refractivity contribution in [1.82, 2.24) is 4.98 Å². The zero-order valence-electron chi connectivity index (χ0n) is 11.3. The van der Waals surface area contributed by atoms with Crippen molar-refractivity contribution in [2.75, 3.05) is 23.7 Å².